The molecule has 0 unspecified atom stereocenters. The molecular weight excluding hydrogens is 529 g/mol. The van der Waals surface area contributed by atoms with Gasteiger partial charge in [0.25, 0.3) is 0 Å². The van der Waals surface area contributed by atoms with E-state index < -0.39 is 31.2 Å². The molecule has 0 amide bonds. The van der Waals surface area contributed by atoms with Crippen LogP contribution in [0.2, 0.25) is 5.02 Å². The molecule has 190 valence electrons. The monoisotopic (exact) mass is 547 g/mol. The minimum absolute atomic E-state index is 0.0272. The summed E-state index contributed by atoms with van der Waals surface area (Å²) in [6, 6.07) is 5.21. The highest BCUT2D eigenvalue weighted by atomic mass is 35.5. The highest BCUT2D eigenvalue weighted by Crippen LogP contribution is 2.38. The first kappa shape index (κ1) is 26.5. The molecule has 12 heteroatoms. The zero-order valence-corrected chi connectivity index (χ0v) is 21.4. The molecule has 0 bridgehead atoms. The van der Waals surface area contributed by atoms with E-state index in [9.17, 15) is 13.3 Å². The second kappa shape index (κ2) is 9.73. The minimum atomic E-state index is -3.73. The fraction of sp³-hybridized carbons (Fsp3) is 0.200. The first-order valence-electron chi connectivity index (χ1n) is 10.8. The van der Waals surface area contributed by atoms with E-state index in [2.05, 4.69) is 15.0 Å². The number of aryl methyl sites for hydroxylation is 1. The number of aromatic nitrogens is 3. The smallest absolute Gasteiger partial charge is 0.324 e. The van der Waals surface area contributed by atoms with Gasteiger partial charge in [-0.25, -0.2) is 18.7 Å². The second-order valence-electron chi connectivity index (χ2n) is 8.75. The normalized spacial score (nSPS) is 12.0. The van der Waals surface area contributed by atoms with Gasteiger partial charge in [0.1, 0.15) is 24.2 Å². The van der Waals surface area contributed by atoms with Gasteiger partial charge in [0, 0.05) is 17.8 Å². The van der Waals surface area contributed by atoms with Crippen LogP contribution in [0.3, 0.4) is 0 Å². The molecule has 0 radical (unpaired) electrons. The molecule has 3 heterocycles. The molecule has 0 fully saturated rings. The van der Waals surface area contributed by atoms with Crippen LogP contribution in [0.5, 0.6) is 0 Å². The largest absolute Gasteiger partial charge is 0.327 e. The van der Waals surface area contributed by atoms with Gasteiger partial charge in [-0.05, 0) is 56.1 Å². The fourth-order valence-electron chi connectivity index (χ4n) is 3.67. The molecule has 37 heavy (non-hydrogen) atoms. The zero-order chi connectivity index (χ0) is 27.1. The van der Waals surface area contributed by atoms with Crippen molar-refractivity contribution >= 4 is 40.9 Å². The number of nitrogens with zero attached hydrogens (tertiary/aromatic N) is 4. The topological polar surface area (TPSA) is 91.6 Å². The Morgan fingerprint density at radius 3 is 2.46 bits per heavy atom. The van der Waals surface area contributed by atoms with Crippen LogP contribution < -0.4 is 10.8 Å². The van der Waals surface area contributed by atoms with Crippen molar-refractivity contribution in [2.75, 3.05) is 18.6 Å². The Morgan fingerprint density at radius 2 is 1.84 bits per heavy atom. The summed E-state index contributed by atoms with van der Waals surface area (Å²) >= 11 is 6.32. The predicted octanol–water partition coefficient (Wildman–Crippen LogP) is 6.30. The molecule has 1 N–H and O–H groups in total. The SMILES string of the molecule is Cc1nc2cc(F)c(-c3ccc(P(C)(C)=O)nc3)nc2c(NC(F)(F)Cc2cc(C#N)ccc2F)c1Cl. The third-order valence-corrected chi connectivity index (χ3v) is 7.32. The quantitative estimate of drug-likeness (QED) is 0.173. The molecule has 0 spiro atoms. The Morgan fingerprint density at radius 1 is 1.11 bits per heavy atom. The number of fused-ring (bicyclic) bond motifs is 1. The van der Waals surface area contributed by atoms with Gasteiger partial charge in [-0.2, -0.15) is 14.0 Å². The number of hydrogen-bond donors (Lipinski definition) is 1. The lowest BCUT2D eigenvalue weighted by Crippen LogP contribution is -2.31. The van der Waals surface area contributed by atoms with Crippen LogP contribution in [-0.2, 0) is 11.0 Å². The molecule has 0 saturated carbocycles. The van der Waals surface area contributed by atoms with Crippen molar-refractivity contribution in [3.63, 3.8) is 0 Å². The number of halogens is 5. The summed E-state index contributed by atoms with van der Waals surface area (Å²) < 4.78 is 71.7. The maximum Gasteiger partial charge on any atom is 0.327 e. The Kier molecular flexibility index (Phi) is 6.97. The van der Waals surface area contributed by atoms with Crippen molar-refractivity contribution in [3.8, 4) is 17.3 Å². The van der Waals surface area contributed by atoms with Gasteiger partial charge in [-0.3, -0.25) is 4.98 Å². The lowest BCUT2D eigenvalue weighted by molar-refractivity contribution is 0.0324. The van der Waals surface area contributed by atoms with Gasteiger partial charge >= 0.3 is 6.05 Å². The van der Waals surface area contributed by atoms with E-state index in [1.807, 2.05) is 5.32 Å². The summed E-state index contributed by atoms with van der Waals surface area (Å²) in [6.07, 6.45) is 0.198. The number of pyridine rings is 3. The first-order chi connectivity index (χ1) is 17.3. The molecule has 4 rings (SSSR count). The maximum atomic E-state index is 15.1. The van der Waals surface area contributed by atoms with Gasteiger partial charge in [0.2, 0.25) is 0 Å². The number of nitrogens with one attached hydrogen (secondary N) is 1. The number of anilines is 1. The van der Waals surface area contributed by atoms with Gasteiger partial charge < -0.3 is 9.88 Å². The average Bonchev–Trinajstić information content (AvgIpc) is 2.82. The number of alkyl halides is 2. The van der Waals surface area contributed by atoms with Crippen molar-refractivity contribution in [1.82, 2.24) is 15.0 Å². The Hall–Kier alpha value is -3.54. The van der Waals surface area contributed by atoms with Crippen LogP contribution >= 0.6 is 18.7 Å². The lowest BCUT2D eigenvalue weighted by Gasteiger charge is -2.22. The van der Waals surface area contributed by atoms with E-state index in [0.717, 1.165) is 18.2 Å². The van der Waals surface area contributed by atoms with E-state index in [0.29, 0.717) is 5.44 Å². The number of benzene rings is 1. The standard InChI is InChI=1S/C25H19ClF4N5OP/c1-13-21(26)24(35-25(29,30)10-16-8-14(11-31)4-6-17(16)27)23-19(33-13)9-18(28)22(34-23)15-5-7-20(32-12-15)37(2,3)36/h4-9,12H,10H2,1-3H3,(H,33,35). The molecule has 0 aliphatic carbocycles. The van der Waals surface area contributed by atoms with Crippen LogP contribution in [-0.4, -0.2) is 34.3 Å². The molecule has 3 aromatic heterocycles. The molecule has 6 nitrogen and oxygen atoms in total. The summed E-state index contributed by atoms with van der Waals surface area (Å²) in [7, 11) is -2.65. The minimum Gasteiger partial charge on any atom is -0.324 e. The maximum absolute atomic E-state index is 15.1. The zero-order valence-electron chi connectivity index (χ0n) is 19.8. The summed E-state index contributed by atoms with van der Waals surface area (Å²) in [4.78, 5) is 12.5. The van der Waals surface area contributed by atoms with Crippen LogP contribution in [0.1, 0.15) is 16.8 Å². The third kappa shape index (κ3) is 5.58. The fourth-order valence-corrected chi connectivity index (χ4v) is 4.62. The Balaban J connectivity index is 1.80. The van der Waals surface area contributed by atoms with Crippen molar-refractivity contribution in [3.05, 3.63) is 76.1 Å². The van der Waals surface area contributed by atoms with Crippen LogP contribution in [0.15, 0.2) is 42.6 Å². The first-order valence-corrected chi connectivity index (χ1v) is 13.8. The number of nitriles is 1. The van der Waals surface area contributed by atoms with Gasteiger partial charge in [-0.1, -0.05) is 11.6 Å². The van der Waals surface area contributed by atoms with Crippen LogP contribution in [0.4, 0.5) is 23.2 Å². The molecule has 0 saturated heterocycles. The van der Waals surface area contributed by atoms with E-state index in [1.165, 1.54) is 31.3 Å². The Bertz CT molecular complexity index is 1620. The second-order valence-corrected chi connectivity index (χ2v) is 12.3. The molecule has 1 aromatic carbocycles. The van der Waals surface area contributed by atoms with Crippen molar-refractivity contribution in [2.24, 2.45) is 0 Å². The highest BCUT2D eigenvalue weighted by Gasteiger charge is 2.33. The van der Waals surface area contributed by atoms with E-state index in [4.69, 9.17) is 16.9 Å². The molecular formula is C25H19ClF4N5OP. The molecule has 0 aliphatic heterocycles. The van der Waals surface area contributed by atoms with Gasteiger partial charge in [0.05, 0.1) is 45.4 Å². The van der Waals surface area contributed by atoms with E-state index >= 15 is 8.78 Å². The lowest BCUT2D eigenvalue weighted by atomic mass is 10.1. The molecule has 0 atom stereocenters. The number of rotatable bonds is 6. The predicted molar refractivity (Wildman–Crippen MR) is 135 cm³/mol. The van der Waals surface area contributed by atoms with E-state index in [-0.39, 0.29) is 49.8 Å². The van der Waals surface area contributed by atoms with Crippen molar-refractivity contribution < 1.29 is 22.1 Å². The summed E-state index contributed by atoms with van der Waals surface area (Å²) in [5.74, 6) is -1.68. The molecule has 0 aliphatic rings. The molecule has 4 aromatic rings. The van der Waals surface area contributed by atoms with Gasteiger partial charge in [0.15, 0.2) is 5.82 Å². The summed E-state index contributed by atoms with van der Waals surface area (Å²) in [5.41, 5.74) is -0.329. The van der Waals surface area contributed by atoms with Gasteiger partial charge in [-0.15, -0.1) is 0 Å². The summed E-state index contributed by atoms with van der Waals surface area (Å²) in [6.45, 7) is 4.55. The van der Waals surface area contributed by atoms with Crippen LogP contribution in [0.25, 0.3) is 22.3 Å². The summed E-state index contributed by atoms with van der Waals surface area (Å²) in [5, 5.41) is 10.9. The van der Waals surface area contributed by atoms with Crippen LogP contribution in [0, 0.1) is 29.9 Å². The average molecular weight is 548 g/mol. The Labute approximate surface area is 214 Å². The number of hydrogen-bond acceptors (Lipinski definition) is 6. The van der Waals surface area contributed by atoms with Crippen molar-refractivity contribution in [1.29, 1.82) is 5.26 Å². The van der Waals surface area contributed by atoms with Crippen molar-refractivity contribution in [2.45, 2.75) is 19.4 Å². The third-order valence-electron chi connectivity index (χ3n) is 5.49. The highest BCUT2D eigenvalue weighted by molar-refractivity contribution is 7.69. The van der Waals surface area contributed by atoms with E-state index in [1.54, 1.807) is 19.4 Å².